The number of ether oxygens (including phenoxy) is 1. The first kappa shape index (κ1) is 13.6. The largest absolute Gasteiger partial charge is 0.489 e. The number of aliphatic hydroxyl groups is 1. The van der Waals surface area contributed by atoms with Gasteiger partial charge in [-0.25, -0.2) is 4.39 Å². The molecule has 2 nitrogen and oxygen atoms in total. The van der Waals surface area contributed by atoms with Crippen LogP contribution in [0.5, 0.6) is 5.75 Å². The minimum Gasteiger partial charge on any atom is -0.489 e. The third-order valence-corrected chi connectivity index (χ3v) is 2.95. The molecule has 0 aliphatic rings. The van der Waals surface area contributed by atoms with Crippen LogP contribution in [-0.4, -0.2) is 5.11 Å². The van der Waals surface area contributed by atoms with Crippen molar-refractivity contribution in [1.82, 2.24) is 0 Å². The third-order valence-electron chi connectivity index (χ3n) is 2.95. The van der Waals surface area contributed by atoms with Gasteiger partial charge in [0.25, 0.3) is 0 Å². The zero-order valence-electron chi connectivity index (χ0n) is 10.8. The van der Waals surface area contributed by atoms with Gasteiger partial charge in [-0.15, -0.1) is 0 Å². The molecule has 3 heteroatoms. The first-order valence-corrected chi connectivity index (χ1v) is 6.34. The van der Waals surface area contributed by atoms with E-state index in [9.17, 15) is 9.50 Å². The van der Waals surface area contributed by atoms with Gasteiger partial charge < -0.3 is 9.84 Å². The Hall–Kier alpha value is -1.87. The van der Waals surface area contributed by atoms with E-state index in [-0.39, 0.29) is 5.82 Å². The Kier molecular flexibility index (Phi) is 4.53. The van der Waals surface area contributed by atoms with Gasteiger partial charge in [-0.1, -0.05) is 31.2 Å². The highest BCUT2D eigenvalue weighted by Crippen LogP contribution is 2.20. The lowest BCUT2D eigenvalue weighted by atomic mass is 10.1. The van der Waals surface area contributed by atoms with Crippen molar-refractivity contribution >= 4 is 0 Å². The second-order valence-electron chi connectivity index (χ2n) is 4.41. The van der Waals surface area contributed by atoms with Crippen molar-refractivity contribution in [2.24, 2.45) is 0 Å². The molecule has 0 amide bonds. The van der Waals surface area contributed by atoms with E-state index < -0.39 is 6.10 Å². The Morgan fingerprint density at radius 2 is 1.89 bits per heavy atom. The van der Waals surface area contributed by atoms with Crippen LogP contribution in [0.4, 0.5) is 4.39 Å². The lowest BCUT2D eigenvalue weighted by molar-refractivity contribution is 0.173. The lowest BCUT2D eigenvalue weighted by Gasteiger charge is -2.10. The van der Waals surface area contributed by atoms with Crippen molar-refractivity contribution in [3.05, 3.63) is 65.5 Å². The molecule has 0 aliphatic carbocycles. The van der Waals surface area contributed by atoms with Crippen LogP contribution >= 0.6 is 0 Å². The minimum atomic E-state index is -0.433. The van der Waals surface area contributed by atoms with Gasteiger partial charge in [0.15, 0.2) is 0 Å². The average Bonchev–Trinajstić information content (AvgIpc) is 2.45. The summed E-state index contributed by atoms with van der Waals surface area (Å²) in [7, 11) is 0. The maximum atomic E-state index is 13.0. The smallest absolute Gasteiger partial charge is 0.123 e. The summed E-state index contributed by atoms with van der Waals surface area (Å²) in [5, 5.41) is 9.68. The molecule has 0 heterocycles. The minimum absolute atomic E-state index is 0.262. The summed E-state index contributed by atoms with van der Waals surface area (Å²) >= 11 is 0. The summed E-state index contributed by atoms with van der Waals surface area (Å²) in [6, 6.07) is 13.7. The summed E-state index contributed by atoms with van der Waals surface area (Å²) in [6.07, 6.45) is 0.251. The Balaban J connectivity index is 1.96. The second-order valence-corrected chi connectivity index (χ2v) is 4.41. The normalized spacial score (nSPS) is 12.2. The zero-order chi connectivity index (χ0) is 13.7. The van der Waals surface area contributed by atoms with Crippen molar-refractivity contribution < 1.29 is 14.2 Å². The fourth-order valence-electron chi connectivity index (χ4n) is 1.82. The highest BCUT2D eigenvalue weighted by Gasteiger charge is 2.04. The number of rotatable bonds is 5. The predicted octanol–water partition coefficient (Wildman–Crippen LogP) is 3.85. The fraction of sp³-hybridized carbons (Fsp3) is 0.250. The highest BCUT2D eigenvalue weighted by atomic mass is 19.1. The lowest BCUT2D eigenvalue weighted by Crippen LogP contribution is -1.97. The molecule has 0 aromatic heterocycles. The molecule has 0 spiro atoms. The van der Waals surface area contributed by atoms with Crippen LogP contribution < -0.4 is 4.74 Å². The van der Waals surface area contributed by atoms with Gasteiger partial charge in [0.1, 0.15) is 18.2 Å². The van der Waals surface area contributed by atoms with Gasteiger partial charge in [0, 0.05) is 0 Å². The van der Waals surface area contributed by atoms with E-state index in [1.165, 1.54) is 12.1 Å². The molecule has 2 rings (SSSR count). The monoisotopic (exact) mass is 260 g/mol. The molecule has 0 bridgehead atoms. The second kappa shape index (κ2) is 6.34. The molecule has 0 saturated carbocycles. The molecular formula is C16H17FO2. The maximum Gasteiger partial charge on any atom is 0.123 e. The molecule has 0 fully saturated rings. The van der Waals surface area contributed by atoms with E-state index in [0.29, 0.717) is 18.8 Å². The topological polar surface area (TPSA) is 29.5 Å². The molecule has 2 aromatic rings. The Labute approximate surface area is 112 Å². The van der Waals surface area contributed by atoms with E-state index in [4.69, 9.17) is 4.74 Å². The maximum absolute atomic E-state index is 13.0. The molecule has 100 valence electrons. The van der Waals surface area contributed by atoms with Gasteiger partial charge in [0.2, 0.25) is 0 Å². The molecule has 1 atom stereocenters. The van der Waals surface area contributed by atoms with Crippen molar-refractivity contribution in [2.45, 2.75) is 26.1 Å². The van der Waals surface area contributed by atoms with Crippen LogP contribution in [0.3, 0.4) is 0 Å². The fourth-order valence-corrected chi connectivity index (χ4v) is 1.82. The highest BCUT2D eigenvalue weighted by molar-refractivity contribution is 5.29. The standard InChI is InChI=1S/C16H17FO2/c1-2-16(18)13-6-8-15(9-7-13)19-11-12-4-3-5-14(17)10-12/h3-10,16,18H,2,11H2,1H3. The van der Waals surface area contributed by atoms with Crippen molar-refractivity contribution in [1.29, 1.82) is 0 Å². The third kappa shape index (κ3) is 3.80. The number of benzene rings is 2. The number of aliphatic hydroxyl groups excluding tert-OH is 1. The molecular weight excluding hydrogens is 243 g/mol. The van der Waals surface area contributed by atoms with E-state index in [1.54, 1.807) is 6.07 Å². The summed E-state index contributed by atoms with van der Waals surface area (Å²) in [6.45, 7) is 2.26. The van der Waals surface area contributed by atoms with Crippen molar-refractivity contribution in [2.75, 3.05) is 0 Å². The number of hydrogen-bond donors (Lipinski definition) is 1. The Bertz CT molecular complexity index is 523. The molecule has 19 heavy (non-hydrogen) atoms. The van der Waals surface area contributed by atoms with E-state index >= 15 is 0 Å². The molecule has 0 saturated heterocycles. The molecule has 0 aliphatic heterocycles. The molecule has 1 unspecified atom stereocenters. The first-order valence-electron chi connectivity index (χ1n) is 6.34. The van der Waals surface area contributed by atoms with Crippen LogP contribution in [0.25, 0.3) is 0 Å². The van der Waals surface area contributed by atoms with Gasteiger partial charge in [-0.05, 0) is 41.8 Å². The molecule has 0 radical (unpaired) electrons. The number of halogens is 1. The van der Waals surface area contributed by atoms with Crippen LogP contribution in [0.15, 0.2) is 48.5 Å². The summed E-state index contributed by atoms with van der Waals surface area (Å²) in [5.41, 5.74) is 1.67. The van der Waals surface area contributed by atoms with E-state index in [1.807, 2.05) is 37.3 Å². The number of hydrogen-bond acceptors (Lipinski definition) is 2. The van der Waals surface area contributed by atoms with Crippen molar-refractivity contribution in [3.8, 4) is 5.75 Å². The average molecular weight is 260 g/mol. The SMILES string of the molecule is CCC(O)c1ccc(OCc2cccc(F)c2)cc1. The van der Waals surface area contributed by atoms with E-state index in [0.717, 1.165) is 11.1 Å². The van der Waals surface area contributed by atoms with Gasteiger partial charge in [-0.2, -0.15) is 0 Å². The van der Waals surface area contributed by atoms with E-state index in [2.05, 4.69) is 0 Å². The Morgan fingerprint density at radius 3 is 2.53 bits per heavy atom. The quantitative estimate of drug-likeness (QED) is 0.884. The van der Waals surface area contributed by atoms with Crippen LogP contribution in [-0.2, 0) is 6.61 Å². The summed E-state index contributed by atoms with van der Waals surface area (Å²) in [4.78, 5) is 0. The predicted molar refractivity (Wildman–Crippen MR) is 72.4 cm³/mol. The van der Waals surface area contributed by atoms with Crippen LogP contribution in [0.1, 0.15) is 30.6 Å². The zero-order valence-corrected chi connectivity index (χ0v) is 10.8. The van der Waals surface area contributed by atoms with Crippen molar-refractivity contribution in [3.63, 3.8) is 0 Å². The van der Waals surface area contributed by atoms with Gasteiger partial charge in [-0.3, -0.25) is 0 Å². The van der Waals surface area contributed by atoms with Crippen LogP contribution in [0.2, 0.25) is 0 Å². The molecule has 1 N–H and O–H groups in total. The molecule has 2 aromatic carbocycles. The first-order chi connectivity index (χ1) is 9.19. The van der Waals surface area contributed by atoms with Crippen LogP contribution in [0, 0.1) is 5.82 Å². The van der Waals surface area contributed by atoms with Gasteiger partial charge >= 0.3 is 0 Å². The summed E-state index contributed by atoms with van der Waals surface area (Å²) in [5.74, 6) is 0.443. The Morgan fingerprint density at radius 1 is 1.16 bits per heavy atom. The van der Waals surface area contributed by atoms with Gasteiger partial charge in [0.05, 0.1) is 6.10 Å². The summed E-state index contributed by atoms with van der Waals surface area (Å²) < 4.78 is 18.6.